The molecule has 0 saturated heterocycles. The van der Waals surface area contributed by atoms with Crippen molar-refractivity contribution in [1.82, 2.24) is 0 Å². The van der Waals surface area contributed by atoms with Crippen molar-refractivity contribution in [3.05, 3.63) is 0 Å². The van der Waals surface area contributed by atoms with Crippen molar-refractivity contribution in [2.45, 2.75) is 0 Å². The number of hydrogen-bond donors (Lipinski definition) is 0. The fourth-order valence-electron chi connectivity index (χ4n) is 0.100. The second-order valence-corrected chi connectivity index (χ2v) is 1.39. The van der Waals surface area contributed by atoms with Crippen LogP contribution in [0.5, 0.6) is 0 Å². The maximum atomic E-state index is 7.65. The molecular weight excluding hydrogens is 191 g/mol. The normalized spacial score (nSPS) is 4.00. The van der Waals surface area contributed by atoms with Gasteiger partial charge in [0.2, 0.25) is 0 Å². The van der Waals surface area contributed by atoms with Gasteiger partial charge in [0.15, 0.2) is 14.6 Å². The third-order valence-corrected chi connectivity index (χ3v) is 0.447. The van der Waals surface area contributed by atoms with Gasteiger partial charge < -0.3 is 0 Å². The van der Waals surface area contributed by atoms with E-state index in [0.29, 0.717) is 0 Å². The maximum absolute atomic E-state index is 7.65. The van der Waals surface area contributed by atoms with Gasteiger partial charge in [-0.15, -0.1) is 23.9 Å². The zero-order valence-electron chi connectivity index (χ0n) is 6.50. The molecule has 0 aliphatic carbocycles. The standard InChI is InChI=1S/2C2H2BN2.Zn/c2*4-1-3-2-5;/h2*3H2;/q2*-1;+2. The summed E-state index contributed by atoms with van der Waals surface area (Å²) in [6, 6.07) is 0. The first-order valence-corrected chi connectivity index (χ1v) is 2.89. The summed E-state index contributed by atoms with van der Waals surface area (Å²) in [7, 11) is -1.72. The first kappa shape index (κ1) is 16.4. The van der Waals surface area contributed by atoms with Gasteiger partial charge in [-0.3, -0.25) is 0 Å². The monoisotopic (exact) mass is 194 g/mol. The summed E-state index contributed by atoms with van der Waals surface area (Å²) < 4.78 is 0. The molecule has 0 spiro atoms. The first-order valence-electron chi connectivity index (χ1n) is 2.89. The molecule has 0 aromatic carbocycles. The Balaban J connectivity index is -0.000000107. The Bertz CT molecular complexity index is 176. The van der Waals surface area contributed by atoms with E-state index in [9.17, 15) is 0 Å². The van der Waals surface area contributed by atoms with Crippen LogP contribution in [-0.4, -0.2) is 14.6 Å². The van der Waals surface area contributed by atoms with Crippen LogP contribution < -0.4 is 0 Å². The molecule has 0 aliphatic heterocycles. The molecule has 7 heteroatoms. The predicted octanol–water partition coefficient (Wildman–Crippen LogP) is -1.77. The van der Waals surface area contributed by atoms with E-state index in [2.05, 4.69) is 0 Å². The molecule has 0 atom stereocenters. The Morgan fingerprint density at radius 1 is 0.636 bits per heavy atom. The van der Waals surface area contributed by atoms with Gasteiger partial charge in [-0.2, -0.15) is 0 Å². The fraction of sp³-hybridized carbons (Fsp3) is 0. The molecule has 0 unspecified atom stereocenters. The van der Waals surface area contributed by atoms with Crippen molar-refractivity contribution in [3.8, 4) is 23.9 Å². The zero-order chi connectivity index (χ0) is 8.24. The van der Waals surface area contributed by atoms with E-state index >= 15 is 0 Å². The van der Waals surface area contributed by atoms with Gasteiger partial charge in [-0.1, -0.05) is 0 Å². The van der Waals surface area contributed by atoms with Crippen LogP contribution in [0.3, 0.4) is 0 Å². The van der Waals surface area contributed by atoms with Gasteiger partial charge in [-0.25, -0.2) is 21.0 Å². The summed E-state index contributed by atoms with van der Waals surface area (Å²) in [5.74, 6) is 7.12. The van der Waals surface area contributed by atoms with Crippen molar-refractivity contribution in [1.29, 1.82) is 21.0 Å². The summed E-state index contributed by atoms with van der Waals surface area (Å²) in [6.45, 7) is 0. The molecular formula is C4H4B2N4Zn. The third-order valence-electron chi connectivity index (χ3n) is 0.447. The smallest absolute Gasteiger partial charge is 0.249 e. The largest absolute Gasteiger partial charge is 2.00 e. The third kappa shape index (κ3) is 53.3. The summed E-state index contributed by atoms with van der Waals surface area (Å²) >= 11 is 0. The predicted molar refractivity (Wildman–Crippen MR) is 39.5 cm³/mol. The second-order valence-electron chi connectivity index (χ2n) is 1.39. The van der Waals surface area contributed by atoms with Gasteiger partial charge >= 0.3 is 19.5 Å². The van der Waals surface area contributed by atoms with E-state index in [1.54, 1.807) is 23.9 Å². The van der Waals surface area contributed by atoms with Crippen molar-refractivity contribution < 1.29 is 19.5 Å². The number of nitriles is 4. The van der Waals surface area contributed by atoms with E-state index in [1.165, 1.54) is 0 Å². The van der Waals surface area contributed by atoms with Crippen LogP contribution in [0, 0.1) is 44.9 Å². The van der Waals surface area contributed by atoms with Crippen LogP contribution in [0.2, 0.25) is 0 Å². The second kappa shape index (κ2) is 23.3. The van der Waals surface area contributed by atoms with Gasteiger partial charge in [0.1, 0.15) is 0 Å². The molecule has 0 amide bonds. The topological polar surface area (TPSA) is 95.2 Å². The van der Waals surface area contributed by atoms with Gasteiger partial charge in [0.05, 0.1) is 0 Å². The molecule has 0 aromatic heterocycles. The number of nitrogens with zero attached hydrogens (tertiary/aromatic N) is 4. The summed E-state index contributed by atoms with van der Waals surface area (Å²) in [4.78, 5) is 0. The minimum atomic E-state index is -0.861. The van der Waals surface area contributed by atoms with E-state index in [4.69, 9.17) is 21.0 Å². The van der Waals surface area contributed by atoms with Gasteiger partial charge in [0.25, 0.3) is 0 Å². The molecule has 0 aliphatic rings. The first-order chi connectivity index (χ1) is 4.83. The molecule has 4 nitrogen and oxygen atoms in total. The molecule has 0 heterocycles. The summed E-state index contributed by atoms with van der Waals surface area (Å²) in [5.41, 5.74) is 0. The Hall–Kier alpha value is -1.29. The summed E-state index contributed by atoms with van der Waals surface area (Å²) in [5, 5.41) is 30.6. The molecule has 11 heavy (non-hydrogen) atoms. The van der Waals surface area contributed by atoms with Crippen molar-refractivity contribution >= 4 is 14.6 Å². The molecule has 0 rings (SSSR count). The SMILES string of the molecule is N#C[BH2-]C#N.N#C[BH2-]C#N.[Zn+2]. The van der Waals surface area contributed by atoms with E-state index in [0.717, 1.165) is 0 Å². The zero-order valence-corrected chi connectivity index (χ0v) is 9.46. The average molecular weight is 195 g/mol. The Morgan fingerprint density at radius 3 is 0.818 bits per heavy atom. The molecule has 48 valence electrons. The van der Waals surface area contributed by atoms with Crippen molar-refractivity contribution in [2.75, 3.05) is 0 Å². The number of rotatable bonds is 0. The van der Waals surface area contributed by atoms with Gasteiger partial charge in [-0.05, 0) is 0 Å². The Kier molecular flexibility index (Phi) is 34.7. The average Bonchev–Trinajstić information content (AvgIpc) is 1.93. The summed E-state index contributed by atoms with van der Waals surface area (Å²) in [6.07, 6.45) is 0. The molecule has 0 fully saturated rings. The number of hydrogen-bond acceptors (Lipinski definition) is 4. The van der Waals surface area contributed by atoms with Crippen LogP contribution in [0.25, 0.3) is 0 Å². The van der Waals surface area contributed by atoms with Crippen LogP contribution in [-0.2, 0) is 19.5 Å². The van der Waals surface area contributed by atoms with E-state index in [1.807, 2.05) is 0 Å². The van der Waals surface area contributed by atoms with Crippen LogP contribution in [0.1, 0.15) is 0 Å². The van der Waals surface area contributed by atoms with Crippen LogP contribution in [0.15, 0.2) is 0 Å². The van der Waals surface area contributed by atoms with E-state index in [-0.39, 0.29) is 19.5 Å². The Morgan fingerprint density at radius 2 is 0.818 bits per heavy atom. The Labute approximate surface area is 79.3 Å². The van der Waals surface area contributed by atoms with Crippen LogP contribution in [0.4, 0.5) is 0 Å². The molecule has 0 bridgehead atoms. The minimum Gasteiger partial charge on any atom is -0.249 e. The molecule has 0 saturated carbocycles. The quantitative estimate of drug-likeness (QED) is 0.427. The van der Waals surface area contributed by atoms with Crippen LogP contribution >= 0.6 is 0 Å². The minimum absolute atomic E-state index is 0. The fourth-order valence-corrected chi connectivity index (χ4v) is 0.100. The maximum Gasteiger partial charge on any atom is 2.00 e. The van der Waals surface area contributed by atoms with Gasteiger partial charge in [0, 0.05) is 0 Å². The van der Waals surface area contributed by atoms with E-state index < -0.39 is 14.6 Å². The molecule has 0 radical (unpaired) electrons. The van der Waals surface area contributed by atoms with Crippen molar-refractivity contribution in [3.63, 3.8) is 0 Å². The molecule has 0 aromatic rings. The van der Waals surface area contributed by atoms with Crippen molar-refractivity contribution in [2.24, 2.45) is 0 Å². The molecule has 0 N–H and O–H groups in total.